The smallest absolute Gasteiger partial charge is 0.404 e. The average Bonchev–Trinajstić information content (AvgIpc) is 3.11. The van der Waals surface area contributed by atoms with E-state index in [0.29, 0.717) is 22.2 Å². The van der Waals surface area contributed by atoms with Crippen LogP contribution in [0, 0.1) is 23.1 Å². The molecule has 9 nitrogen and oxygen atoms in total. The van der Waals surface area contributed by atoms with Crippen molar-refractivity contribution in [3.63, 3.8) is 0 Å². The van der Waals surface area contributed by atoms with Crippen LogP contribution >= 0.6 is 0 Å². The highest BCUT2D eigenvalue weighted by atomic mass is 19.1. The van der Waals surface area contributed by atoms with Crippen LogP contribution in [0.5, 0.6) is 0 Å². The van der Waals surface area contributed by atoms with E-state index in [1.807, 2.05) is 0 Å². The number of aromatic amines is 1. The summed E-state index contributed by atoms with van der Waals surface area (Å²) in [5.74, 6) is -0.504. The summed E-state index contributed by atoms with van der Waals surface area (Å²) in [7, 11) is 0. The summed E-state index contributed by atoms with van der Waals surface area (Å²) in [6.07, 6.45) is 3.84. The largest absolute Gasteiger partial charge is 0.465 e. The van der Waals surface area contributed by atoms with E-state index >= 15 is 0 Å². The zero-order chi connectivity index (χ0) is 22.0. The molecule has 31 heavy (non-hydrogen) atoms. The molecule has 1 fully saturated rings. The van der Waals surface area contributed by atoms with Crippen LogP contribution in [-0.4, -0.2) is 26.0 Å². The van der Waals surface area contributed by atoms with Crippen LogP contribution in [-0.2, 0) is 6.54 Å². The van der Waals surface area contributed by atoms with Gasteiger partial charge in [0.2, 0.25) is 0 Å². The summed E-state index contributed by atoms with van der Waals surface area (Å²) in [6.45, 7) is -0.0660. The van der Waals surface area contributed by atoms with Gasteiger partial charge in [-0.25, -0.2) is 9.18 Å². The molecule has 1 amide bonds. The van der Waals surface area contributed by atoms with E-state index in [1.165, 1.54) is 18.3 Å². The summed E-state index contributed by atoms with van der Waals surface area (Å²) in [6, 6.07) is 8.00. The fraction of sp³-hybridized carbons (Fsp3) is 0.333. The zero-order valence-electron chi connectivity index (χ0n) is 16.6. The molecular formula is C21H21FN6O3. The van der Waals surface area contributed by atoms with Crippen molar-refractivity contribution in [2.24, 2.45) is 5.92 Å². The molecule has 10 heteroatoms. The Labute approximate surface area is 176 Å². The van der Waals surface area contributed by atoms with Gasteiger partial charge < -0.3 is 20.7 Å². The number of benzene rings is 1. The lowest BCUT2D eigenvalue weighted by Gasteiger charge is -2.27. The molecule has 2 aromatic heterocycles. The molecule has 1 aliphatic rings. The number of nitrogens with one attached hydrogen (secondary N) is 3. The van der Waals surface area contributed by atoms with Gasteiger partial charge in [-0.3, -0.25) is 9.48 Å². The molecule has 160 valence electrons. The second kappa shape index (κ2) is 8.47. The number of hydrogen-bond acceptors (Lipinski definition) is 5. The van der Waals surface area contributed by atoms with Crippen molar-refractivity contribution in [2.45, 2.75) is 38.3 Å². The van der Waals surface area contributed by atoms with Gasteiger partial charge in [0.1, 0.15) is 11.2 Å². The fourth-order valence-electron chi connectivity index (χ4n) is 4.13. The van der Waals surface area contributed by atoms with Crippen molar-refractivity contribution >= 4 is 28.5 Å². The zero-order valence-corrected chi connectivity index (χ0v) is 16.6. The average molecular weight is 424 g/mol. The summed E-state index contributed by atoms with van der Waals surface area (Å²) in [5.41, 5.74) is 0.999. The molecular weight excluding hydrogens is 403 g/mol. The van der Waals surface area contributed by atoms with Crippen molar-refractivity contribution < 1.29 is 14.3 Å². The number of nitriles is 1. The van der Waals surface area contributed by atoms with Crippen molar-refractivity contribution in [1.29, 1.82) is 5.26 Å². The maximum atomic E-state index is 14.1. The van der Waals surface area contributed by atoms with E-state index in [9.17, 15) is 19.2 Å². The predicted molar refractivity (Wildman–Crippen MR) is 112 cm³/mol. The number of rotatable bonds is 5. The molecule has 0 spiro atoms. The Morgan fingerprint density at radius 1 is 1.35 bits per heavy atom. The molecule has 0 radical (unpaired) electrons. The van der Waals surface area contributed by atoms with Crippen LogP contribution in [0.15, 0.2) is 35.3 Å². The minimum Gasteiger partial charge on any atom is -0.465 e. The fourth-order valence-corrected chi connectivity index (χ4v) is 4.13. The molecule has 0 bridgehead atoms. The lowest BCUT2D eigenvalue weighted by molar-refractivity contribution is 0.194. The summed E-state index contributed by atoms with van der Waals surface area (Å²) in [4.78, 5) is 25.9. The van der Waals surface area contributed by atoms with Gasteiger partial charge in [0.05, 0.1) is 23.5 Å². The number of amides is 1. The Hall–Kier alpha value is -3.87. The van der Waals surface area contributed by atoms with E-state index in [1.54, 1.807) is 16.8 Å². The molecule has 4 rings (SSSR count). The van der Waals surface area contributed by atoms with Gasteiger partial charge >= 0.3 is 6.09 Å². The Morgan fingerprint density at radius 2 is 2.16 bits per heavy atom. The molecule has 1 aliphatic carbocycles. The Kier molecular flexibility index (Phi) is 5.58. The quantitative estimate of drug-likeness (QED) is 0.494. The minimum absolute atomic E-state index is 0.0660. The number of H-pyrrole nitrogens is 1. The van der Waals surface area contributed by atoms with E-state index in [2.05, 4.69) is 26.8 Å². The highest BCUT2D eigenvalue weighted by molar-refractivity contribution is 5.91. The highest BCUT2D eigenvalue weighted by Crippen LogP contribution is 2.36. The third-order valence-electron chi connectivity index (χ3n) is 5.50. The number of fused-ring (bicyclic) bond motifs is 1. The minimum atomic E-state index is -1.21. The number of nitrogens with zero attached hydrogens (tertiary/aromatic N) is 3. The third kappa shape index (κ3) is 4.21. The van der Waals surface area contributed by atoms with Crippen LogP contribution in [0.2, 0.25) is 0 Å². The van der Waals surface area contributed by atoms with Crippen molar-refractivity contribution in [2.75, 3.05) is 5.32 Å². The van der Waals surface area contributed by atoms with Crippen LogP contribution in [0.4, 0.5) is 20.7 Å². The Balaban J connectivity index is 1.74. The van der Waals surface area contributed by atoms with Gasteiger partial charge in [-0.2, -0.15) is 10.4 Å². The molecule has 4 N–H and O–H groups in total. The number of carboxylic acid groups (broad SMARTS) is 1. The molecule has 1 aromatic carbocycles. The first-order valence-corrected chi connectivity index (χ1v) is 9.99. The van der Waals surface area contributed by atoms with Crippen molar-refractivity contribution in [3.8, 4) is 6.07 Å². The van der Waals surface area contributed by atoms with E-state index in [4.69, 9.17) is 5.11 Å². The lowest BCUT2D eigenvalue weighted by atomic mass is 9.85. The maximum absolute atomic E-state index is 14.1. The molecule has 0 saturated heterocycles. The second-order valence-electron chi connectivity index (χ2n) is 7.58. The van der Waals surface area contributed by atoms with Crippen LogP contribution in [0.3, 0.4) is 0 Å². The van der Waals surface area contributed by atoms with Crippen molar-refractivity contribution in [1.82, 2.24) is 20.1 Å². The topological polar surface area (TPSA) is 136 Å². The molecule has 0 aliphatic heterocycles. The molecule has 2 atom stereocenters. The second-order valence-corrected chi connectivity index (χ2v) is 7.58. The number of anilines is 2. The first-order chi connectivity index (χ1) is 15.0. The number of hydrogen-bond donors (Lipinski definition) is 4. The van der Waals surface area contributed by atoms with E-state index < -0.39 is 11.9 Å². The van der Waals surface area contributed by atoms with E-state index in [-0.39, 0.29) is 29.9 Å². The van der Waals surface area contributed by atoms with E-state index in [0.717, 1.165) is 25.7 Å². The predicted octanol–water partition coefficient (Wildman–Crippen LogP) is 3.63. The highest BCUT2D eigenvalue weighted by Gasteiger charge is 2.29. The lowest BCUT2D eigenvalue weighted by Crippen LogP contribution is -2.23. The number of halogens is 1. The standard InChI is InChI=1S/C21H21FN6O3/c22-14-7-12(11-25-21(30)31)8-15(9-14)26-19-18-17(5-6-24-20(18)29)28(27-19)16-4-2-1-3-13(16)10-23/h5-9,13,16,25H,1-4,11H2,(H,24,29)(H,26,27)(H,30,31)/t13-,16+/m1/s1. The van der Waals surface area contributed by atoms with Crippen LogP contribution in [0.25, 0.3) is 10.9 Å². The number of carbonyl (C=O) groups is 1. The molecule has 1 saturated carbocycles. The molecule has 3 aromatic rings. The maximum Gasteiger partial charge on any atom is 0.404 e. The normalized spacial score (nSPS) is 18.5. The van der Waals surface area contributed by atoms with Crippen molar-refractivity contribution in [3.05, 3.63) is 52.2 Å². The van der Waals surface area contributed by atoms with Gasteiger partial charge in [0.25, 0.3) is 5.56 Å². The Bertz CT molecular complexity index is 1230. The first kappa shape index (κ1) is 20.4. The summed E-state index contributed by atoms with van der Waals surface area (Å²) >= 11 is 0. The number of aromatic nitrogens is 3. The SMILES string of the molecule is N#C[C@H]1CCCC[C@@H]1n1nc(Nc2cc(F)cc(CNC(=O)O)c2)c2c(=O)[nH]ccc21. The Morgan fingerprint density at radius 3 is 2.94 bits per heavy atom. The van der Waals surface area contributed by atoms with Gasteiger partial charge in [-0.1, -0.05) is 12.8 Å². The molecule has 2 heterocycles. The summed E-state index contributed by atoms with van der Waals surface area (Å²) < 4.78 is 15.8. The molecule has 0 unspecified atom stereocenters. The van der Waals surface area contributed by atoms with Gasteiger partial charge in [-0.05, 0) is 42.7 Å². The summed E-state index contributed by atoms with van der Waals surface area (Å²) in [5, 5.41) is 28.5. The first-order valence-electron chi connectivity index (χ1n) is 9.99. The van der Waals surface area contributed by atoms with Gasteiger partial charge in [0.15, 0.2) is 5.82 Å². The van der Waals surface area contributed by atoms with Crippen LogP contribution in [0.1, 0.15) is 37.3 Å². The van der Waals surface area contributed by atoms with Crippen LogP contribution < -0.4 is 16.2 Å². The van der Waals surface area contributed by atoms with Gasteiger partial charge in [0, 0.05) is 18.4 Å². The van der Waals surface area contributed by atoms with Gasteiger partial charge in [-0.15, -0.1) is 0 Å². The monoisotopic (exact) mass is 424 g/mol. The third-order valence-corrected chi connectivity index (χ3v) is 5.50. The number of pyridine rings is 1.